The molecule has 0 aliphatic rings. The molecule has 3 aromatic rings. The van der Waals surface area contributed by atoms with E-state index in [2.05, 4.69) is 5.32 Å². The van der Waals surface area contributed by atoms with Gasteiger partial charge in [0.25, 0.3) is 15.9 Å². The maximum absolute atomic E-state index is 13.2. The van der Waals surface area contributed by atoms with Gasteiger partial charge in [-0.05, 0) is 60.8 Å². The van der Waals surface area contributed by atoms with Gasteiger partial charge in [-0.1, -0.05) is 12.1 Å². The van der Waals surface area contributed by atoms with Crippen molar-refractivity contribution in [1.29, 1.82) is 0 Å². The third kappa shape index (κ3) is 4.93. The maximum Gasteiger partial charge on any atom is 0.273 e. The summed E-state index contributed by atoms with van der Waals surface area (Å²) in [6, 6.07) is 15.2. The minimum absolute atomic E-state index is 0.253. The quantitative estimate of drug-likeness (QED) is 0.607. The van der Waals surface area contributed by atoms with E-state index in [-0.39, 0.29) is 4.21 Å². The number of thiophene rings is 1. The Balaban J connectivity index is 1.65. The van der Waals surface area contributed by atoms with Crippen LogP contribution in [0.25, 0.3) is 0 Å². The summed E-state index contributed by atoms with van der Waals surface area (Å²) in [5, 5.41) is 4.28. The van der Waals surface area contributed by atoms with Gasteiger partial charge in [0.15, 0.2) is 6.10 Å². The fraction of sp³-hybridized carbons (Fsp3) is 0.150. The van der Waals surface area contributed by atoms with Crippen molar-refractivity contribution in [3.05, 3.63) is 71.9 Å². The molecule has 29 heavy (non-hydrogen) atoms. The van der Waals surface area contributed by atoms with Crippen LogP contribution in [-0.2, 0) is 14.8 Å². The van der Waals surface area contributed by atoms with E-state index in [1.807, 2.05) is 0 Å². The molecule has 6 nitrogen and oxygen atoms in total. The van der Waals surface area contributed by atoms with Crippen LogP contribution in [0, 0.1) is 5.82 Å². The lowest BCUT2D eigenvalue weighted by molar-refractivity contribution is -0.122. The van der Waals surface area contributed by atoms with Crippen molar-refractivity contribution in [3.8, 4) is 5.75 Å². The van der Waals surface area contributed by atoms with Gasteiger partial charge in [0.1, 0.15) is 15.8 Å². The van der Waals surface area contributed by atoms with Crippen LogP contribution in [-0.4, -0.2) is 27.5 Å². The van der Waals surface area contributed by atoms with E-state index in [0.29, 0.717) is 17.1 Å². The molecule has 1 heterocycles. The fourth-order valence-corrected chi connectivity index (χ4v) is 4.84. The van der Waals surface area contributed by atoms with Crippen LogP contribution in [0.5, 0.6) is 5.75 Å². The second-order valence-electron chi connectivity index (χ2n) is 6.16. The first-order valence-electron chi connectivity index (χ1n) is 8.63. The van der Waals surface area contributed by atoms with Crippen molar-refractivity contribution in [2.24, 2.45) is 0 Å². The van der Waals surface area contributed by atoms with E-state index in [0.717, 1.165) is 11.3 Å². The Morgan fingerprint density at radius 3 is 2.48 bits per heavy atom. The lowest BCUT2D eigenvalue weighted by Crippen LogP contribution is -2.30. The Kier molecular flexibility index (Phi) is 6.19. The average molecular weight is 435 g/mol. The minimum Gasteiger partial charge on any atom is -0.481 e. The number of ether oxygens (including phenoxy) is 1. The Labute approximate surface area is 172 Å². The van der Waals surface area contributed by atoms with Crippen LogP contribution in [0.15, 0.2) is 70.3 Å². The number of rotatable bonds is 7. The number of hydrogen-bond donors (Lipinski definition) is 1. The highest BCUT2D eigenvalue weighted by Gasteiger charge is 2.22. The number of carbonyl (C=O) groups is 1. The van der Waals surface area contributed by atoms with Crippen molar-refractivity contribution in [2.75, 3.05) is 16.7 Å². The van der Waals surface area contributed by atoms with Gasteiger partial charge in [0.05, 0.1) is 5.69 Å². The first-order valence-corrected chi connectivity index (χ1v) is 10.9. The lowest BCUT2D eigenvalue weighted by Gasteiger charge is -2.19. The van der Waals surface area contributed by atoms with Crippen molar-refractivity contribution in [1.82, 2.24) is 0 Å². The fourth-order valence-electron chi connectivity index (χ4n) is 2.49. The summed E-state index contributed by atoms with van der Waals surface area (Å²) in [4.78, 5) is 12.2. The number of nitrogens with zero attached hydrogens (tertiary/aromatic N) is 1. The van der Waals surface area contributed by atoms with Crippen LogP contribution in [0.4, 0.5) is 15.8 Å². The molecule has 0 fully saturated rings. The van der Waals surface area contributed by atoms with E-state index in [1.54, 1.807) is 54.8 Å². The molecule has 1 aromatic heterocycles. The van der Waals surface area contributed by atoms with E-state index in [9.17, 15) is 17.6 Å². The SMILES string of the molecule is CC(Oc1ccc(N(C)S(=O)(=O)c2cccs2)cc1)C(=O)Nc1cccc(F)c1. The summed E-state index contributed by atoms with van der Waals surface area (Å²) in [6.45, 7) is 1.57. The highest BCUT2D eigenvalue weighted by atomic mass is 32.2. The molecule has 0 aliphatic carbocycles. The Morgan fingerprint density at radius 2 is 1.86 bits per heavy atom. The van der Waals surface area contributed by atoms with Gasteiger partial charge in [0.2, 0.25) is 0 Å². The van der Waals surface area contributed by atoms with E-state index >= 15 is 0 Å². The predicted molar refractivity (Wildman–Crippen MR) is 111 cm³/mol. The van der Waals surface area contributed by atoms with Crippen molar-refractivity contribution in [2.45, 2.75) is 17.2 Å². The standard InChI is InChI=1S/C20H19FN2O4S2/c1-14(20(24)22-16-6-3-5-15(21)13-16)27-18-10-8-17(9-11-18)23(2)29(25,26)19-7-4-12-28-19/h3-14H,1-2H3,(H,22,24). The normalized spacial score (nSPS) is 12.2. The first-order chi connectivity index (χ1) is 13.8. The molecule has 1 amide bonds. The maximum atomic E-state index is 13.2. The van der Waals surface area contributed by atoms with Crippen LogP contribution >= 0.6 is 11.3 Å². The molecular formula is C20H19FN2O4S2. The zero-order chi connectivity index (χ0) is 21.0. The van der Waals surface area contributed by atoms with Crippen molar-refractivity contribution < 1.29 is 22.3 Å². The molecule has 9 heteroatoms. The molecule has 0 saturated carbocycles. The summed E-state index contributed by atoms with van der Waals surface area (Å²) in [7, 11) is -2.15. The number of anilines is 2. The van der Waals surface area contributed by atoms with Crippen molar-refractivity contribution >= 4 is 38.6 Å². The predicted octanol–water partition coefficient (Wildman–Crippen LogP) is 4.12. The molecule has 2 aromatic carbocycles. The highest BCUT2D eigenvalue weighted by molar-refractivity contribution is 7.94. The second kappa shape index (κ2) is 8.62. The number of carbonyl (C=O) groups excluding carboxylic acids is 1. The van der Waals surface area contributed by atoms with Gasteiger partial charge < -0.3 is 10.1 Å². The van der Waals surface area contributed by atoms with Crippen LogP contribution in [0.3, 0.4) is 0 Å². The highest BCUT2D eigenvalue weighted by Crippen LogP contribution is 2.27. The Bertz CT molecular complexity index is 1080. The molecule has 1 N–H and O–H groups in total. The van der Waals surface area contributed by atoms with Gasteiger partial charge >= 0.3 is 0 Å². The molecule has 152 valence electrons. The van der Waals surface area contributed by atoms with E-state index in [1.165, 1.54) is 29.6 Å². The number of nitrogens with one attached hydrogen (secondary N) is 1. The van der Waals surface area contributed by atoms with Crippen LogP contribution in [0.1, 0.15) is 6.92 Å². The number of sulfonamides is 1. The number of benzene rings is 2. The molecule has 0 aliphatic heterocycles. The summed E-state index contributed by atoms with van der Waals surface area (Å²) >= 11 is 1.15. The molecule has 0 radical (unpaired) electrons. The third-order valence-electron chi connectivity index (χ3n) is 4.08. The Hall–Kier alpha value is -2.91. The molecule has 0 saturated heterocycles. The third-order valence-corrected chi connectivity index (χ3v) is 7.24. The largest absolute Gasteiger partial charge is 0.481 e. The first kappa shape index (κ1) is 20.8. The molecule has 0 bridgehead atoms. The van der Waals surface area contributed by atoms with Crippen molar-refractivity contribution in [3.63, 3.8) is 0 Å². The molecule has 0 spiro atoms. The van der Waals surface area contributed by atoms with E-state index in [4.69, 9.17) is 4.74 Å². The van der Waals surface area contributed by atoms with Gasteiger partial charge in [-0.3, -0.25) is 9.10 Å². The summed E-state index contributed by atoms with van der Waals surface area (Å²) in [6.07, 6.45) is -0.836. The summed E-state index contributed by atoms with van der Waals surface area (Å²) < 4.78 is 45.4. The van der Waals surface area contributed by atoms with E-state index < -0.39 is 27.9 Å². The summed E-state index contributed by atoms with van der Waals surface area (Å²) in [5.41, 5.74) is 0.795. The lowest BCUT2D eigenvalue weighted by atomic mass is 10.2. The van der Waals surface area contributed by atoms with Crippen LogP contribution in [0.2, 0.25) is 0 Å². The van der Waals surface area contributed by atoms with Gasteiger partial charge in [-0.15, -0.1) is 11.3 Å². The van der Waals surface area contributed by atoms with Gasteiger partial charge in [-0.25, -0.2) is 12.8 Å². The topological polar surface area (TPSA) is 75.7 Å². The molecule has 1 atom stereocenters. The minimum atomic E-state index is -3.62. The summed E-state index contributed by atoms with van der Waals surface area (Å²) in [5.74, 6) is -0.483. The molecular weight excluding hydrogens is 415 g/mol. The Morgan fingerprint density at radius 1 is 1.14 bits per heavy atom. The molecule has 3 rings (SSSR count). The average Bonchev–Trinajstić information content (AvgIpc) is 3.23. The zero-order valence-electron chi connectivity index (χ0n) is 15.7. The molecule has 1 unspecified atom stereocenters. The van der Waals surface area contributed by atoms with Gasteiger partial charge in [0, 0.05) is 12.7 Å². The van der Waals surface area contributed by atoms with Crippen LogP contribution < -0.4 is 14.4 Å². The second-order valence-corrected chi connectivity index (χ2v) is 9.30. The smallest absolute Gasteiger partial charge is 0.273 e. The monoisotopic (exact) mass is 434 g/mol. The number of hydrogen-bond acceptors (Lipinski definition) is 5. The zero-order valence-corrected chi connectivity index (χ0v) is 17.3. The number of amides is 1. The van der Waals surface area contributed by atoms with Gasteiger partial charge in [-0.2, -0.15) is 0 Å². The number of halogens is 1.